The summed E-state index contributed by atoms with van der Waals surface area (Å²) in [5.74, 6) is 0. The van der Waals surface area contributed by atoms with E-state index in [0.717, 1.165) is 18.5 Å². The summed E-state index contributed by atoms with van der Waals surface area (Å²) >= 11 is 0. The smallest absolute Gasteiger partial charge is 0.411 e. The summed E-state index contributed by atoms with van der Waals surface area (Å²) in [6.07, 6.45) is 2.88. The fourth-order valence-electron chi connectivity index (χ4n) is 1.94. The maximum absolute atomic E-state index is 11.2. The topological polar surface area (TPSA) is 58.6 Å². The van der Waals surface area contributed by atoms with Crippen molar-refractivity contribution >= 4 is 11.8 Å². The summed E-state index contributed by atoms with van der Waals surface area (Å²) in [5, 5.41) is 11.1. The van der Waals surface area contributed by atoms with Crippen LogP contribution in [0.15, 0.2) is 18.2 Å². The zero-order valence-corrected chi connectivity index (χ0v) is 9.03. The Hall–Kier alpha value is -1.55. The number of carbonyl (C=O) groups is 1. The first-order valence-corrected chi connectivity index (χ1v) is 5.46. The van der Waals surface area contributed by atoms with Gasteiger partial charge < -0.3 is 9.84 Å². The standard InChI is InChI=1S/C12H15NO3/c14-6-7-16-12(15)13-11-5-4-9-2-1-3-10(9)8-11/h4-5,8,14H,1-3,6-7H2,(H,13,15). The van der Waals surface area contributed by atoms with Gasteiger partial charge in [0, 0.05) is 5.69 Å². The average molecular weight is 221 g/mol. The van der Waals surface area contributed by atoms with Crippen LogP contribution < -0.4 is 5.32 Å². The largest absolute Gasteiger partial charge is 0.447 e. The highest BCUT2D eigenvalue weighted by molar-refractivity contribution is 5.84. The first-order chi connectivity index (χ1) is 7.79. The van der Waals surface area contributed by atoms with Gasteiger partial charge in [-0.15, -0.1) is 0 Å². The van der Waals surface area contributed by atoms with Crippen molar-refractivity contribution in [1.82, 2.24) is 0 Å². The van der Waals surface area contributed by atoms with Crippen LogP contribution in [0.3, 0.4) is 0 Å². The number of aliphatic hydroxyl groups excluding tert-OH is 1. The summed E-state index contributed by atoms with van der Waals surface area (Å²) < 4.78 is 4.71. The van der Waals surface area contributed by atoms with Gasteiger partial charge in [-0.25, -0.2) is 4.79 Å². The van der Waals surface area contributed by atoms with Gasteiger partial charge in [0.2, 0.25) is 0 Å². The molecule has 0 saturated heterocycles. The number of hydrogen-bond acceptors (Lipinski definition) is 3. The van der Waals surface area contributed by atoms with Gasteiger partial charge >= 0.3 is 6.09 Å². The Morgan fingerprint density at radius 3 is 3.00 bits per heavy atom. The van der Waals surface area contributed by atoms with E-state index >= 15 is 0 Å². The van der Waals surface area contributed by atoms with E-state index in [1.54, 1.807) is 0 Å². The van der Waals surface area contributed by atoms with Gasteiger partial charge in [0.05, 0.1) is 6.61 Å². The molecule has 0 spiro atoms. The molecule has 0 aliphatic heterocycles. The predicted molar refractivity (Wildman–Crippen MR) is 60.5 cm³/mol. The third kappa shape index (κ3) is 2.52. The number of nitrogens with one attached hydrogen (secondary N) is 1. The number of rotatable bonds is 3. The molecule has 0 aromatic heterocycles. The van der Waals surface area contributed by atoms with Crippen molar-refractivity contribution in [3.8, 4) is 0 Å². The lowest BCUT2D eigenvalue weighted by atomic mass is 10.1. The van der Waals surface area contributed by atoms with Crippen molar-refractivity contribution < 1.29 is 14.6 Å². The monoisotopic (exact) mass is 221 g/mol. The molecule has 4 heteroatoms. The van der Waals surface area contributed by atoms with E-state index in [4.69, 9.17) is 9.84 Å². The lowest BCUT2D eigenvalue weighted by molar-refractivity contribution is 0.131. The third-order valence-electron chi connectivity index (χ3n) is 2.67. The van der Waals surface area contributed by atoms with Crippen LogP contribution in [0, 0.1) is 0 Å². The van der Waals surface area contributed by atoms with E-state index in [1.165, 1.54) is 17.5 Å². The molecule has 1 aromatic carbocycles. The highest BCUT2D eigenvalue weighted by Gasteiger charge is 2.11. The van der Waals surface area contributed by atoms with E-state index in [1.807, 2.05) is 18.2 Å². The first-order valence-electron chi connectivity index (χ1n) is 5.46. The third-order valence-corrected chi connectivity index (χ3v) is 2.67. The average Bonchev–Trinajstić information content (AvgIpc) is 2.73. The molecule has 1 aliphatic carbocycles. The van der Waals surface area contributed by atoms with Crippen molar-refractivity contribution in [3.63, 3.8) is 0 Å². The maximum Gasteiger partial charge on any atom is 0.411 e. The van der Waals surface area contributed by atoms with Crippen molar-refractivity contribution in [2.24, 2.45) is 0 Å². The molecule has 4 nitrogen and oxygen atoms in total. The lowest BCUT2D eigenvalue weighted by Gasteiger charge is -2.07. The molecule has 16 heavy (non-hydrogen) atoms. The predicted octanol–water partition coefficient (Wildman–Crippen LogP) is 1.72. The molecule has 1 amide bonds. The Balaban J connectivity index is 1.97. The minimum atomic E-state index is -0.521. The Morgan fingerprint density at radius 2 is 2.19 bits per heavy atom. The maximum atomic E-state index is 11.2. The van der Waals surface area contributed by atoms with Crippen molar-refractivity contribution in [1.29, 1.82) is 0 Å². The number of amides is 1. The Bertz CT molecular complexity index is 390. The van der Waals surface area contributed by atoms with Gasteiger partial charge in [0.15, 0.2) is 0 Å². The van der Waals surface area contributed by atoms with Crippen LogP contribution in [0.2, 0.25) is 0 Å². The Morgan fingerprint density at radius 1 is 1.38 bits per heavy atom. The second-order valence-corrected chi connectivity index (χ2v) is 3.82. The van der Waals surface area contributed by atoms with E-state index < -0.39 is 6.09 Å². The molecule has 0 fully saturated rings. The fourth-order valence-corrected chi connectivity index (χ4v) is 1.94. The molecule has 2 N–H and O–H groups in total. The molecule has 0 atom stereocenters. The van der Waals surface area contributed by atoms with E-state index in [0.29, 0.717) is 0 Å². The van der Waals surface area contributed by atoms with Gasteiger partial charge in [-0.1, -0.05) is 6.07 Å². The second kappa shape index (κ2) is 4.99. The van der Waals surface area contributed by atoms with Crippen LogP contribution in [-0.2, 0) is 17.6 Å². The summed E-state index contributed by atoms with van der Waals surface area (Å²) in [4.78, 5) is 11.2. The molecule has 0 bridgehead atoms. The molecule has 2 rings (SSSR count). The van der Waals surface area contributed by atoms with Crippen LogP contribution in [0.25, 0.3) is 0 Å². The number of benzene rings is 1. The van der Waals surface area contributed by atoms with Gasteiger partial charge in [-0.05, 0) is 42.5 Å². The summed E-state index contributed by atoms with van der Waals surface area (Å²) in [5.41, 5.74) is 3.43. The molecule has 1 aliphatic rings. The molecular formula is C12H15NO3. The zero-order chi connectivity index (χ0) is 11.4. The molecule has 0 heterocycles. The second-order valence-electron chi connectivity index (χ2n) is 3.82. The number of ether oxygens (including phenoxy) is 1. The summed E-state index contributed by atoms with van der Waals surface area (Å²) in [7, 11) is 0. The Kier molecular flexibility index (Phi) is 3.41. The van der Waals surface area contributed by atoms with E-state index in [9.17, 15) is 4.79 Å². The van der Waals surface area contributed by atoms with Crippen LogP contribution >= 0.6 is 0 Å². The van der Waals surface area contributed by atoms with Crippen molar-refractivity contribution in [2.45, 2.75) is 19.3 Å². The fraction of sp³-hybridized carbons (Fsp3) is 0.417. The van der Waals surface area contributed by atoms with Crippen molar-refractivity contribution in [3.05, 3.63) is 29.3 Å². The minimum Gasteiger partial charge on any atom is -0.447 e. The van der Waals surface area contributed by atoms with Crippen molar-refractivity contribution in [2.75, 3.05) is 18.5 Å². The van der Waals surface area contributed by atoms with Gasteiger partial charge in [0.1, 0.15) is 6.61 Å². The number of aliphatic hydroxyl groups is 1. The number of hydrogen-bond donors (Lipinski definition) is 2. The quantitative estimate of drug-likeness (QED) is 0.817. The van der Waals surface area contributed by atoms with E-state index in [2.05, 4.69) is 5.32 Å². The van der Waals surface area contributed by atoms with Gasteiger partial charge in [0.25, 0.3) is 0 Å². The summed E-state index contributed by atoms with van der Waals surface area (Å²) in [6.45, 7) is -0.131. The number of aryl methyl sites for hydroxylation is 2. The molecule has 0 unspecified atom stereocenters. The highest BCUT2D eigenvalue weighted by Crippen LogP contribution is 2.24. The van der Waals surface area contributed by atoms with Crippen LogP contribution in [-0.4, -0.2) is 24.4 Å². The number of fused-ring (bicyclic) bond motifs is 1. The SMILES string of the molecule is O=C(Nc1ccc2c(c1)CCC2)OCCO. The van der Waals surface area contributed by atoms with E-state index in [-0.39, 0.29) is 13.2 Å². The highest BCUT2D eigenvalue weighted by atomic mass is 16.6. The normalized spacial score (nSPS) is 13.3. The van der Waals surface area contributed by atoms with Crippen LogP contribution in [0.4, 0.5) is 10.5 Å². The molecule has 0 saturated carbocycles. The molecule has 86 valence electrons. The number of carbonyl (C=O) groups excluding carboxylic acids is 1. The van der Waals surface area contributed by atoms with Crippen LogP contribution in [0.5, 0.6) is 0 Å². The first kappa shape index (κ1) is 11.0. The molecule has 0 radical (unpaired) electrons. The summed E-state index contributed by atoms with van der Waals surface area (Å²) in [6, 6.07) is 5.91. The Labute approximate surface area is 94.2 Å². The lowest BCUT2D eigenvalue weighted by Crippen LogP contribution is -2.15. The van der Waals surface area contributed by atoms with Gasteiger partial charge in [-0.2, -0.15) is 0 Å². The van der Waals surface area contributed by atoms with Crippen LogP contribution in [0.1, 0.15) is 17.5 Å². The zero-order valence-electron chi connectivity index (χ0n) is 9.03. The minimum absolute atomic E-state index is 0.0246. The van der Waals surface area contributed by atoms with Gasteiger partial charge in [-0.3, -0.25) is 5.32 Å². The molecular weight excluding hydrogens is 206 g/mol. The molecule has 1 aromatic rings. The number of anilines is 1.